The van der Waals surface area contributed by atoms with Crippen LogP contribution in [0.15, 0.2) is 23.2 Å². The number of aromatic nitrogens is 1. The SMILES string of the molecule is NNc1ncccc1S(=O)(=O)N1CCC2CCCCC2C1. The van der Waals surface area contributed by atoms with E-state index < -0.39 is 10.0 Å². The Balaban J connectivity index is 1.85. The lowest BCUT2D eigenvalue weighted by molar-refractivity contribution is 0.136. The first kappa shape index (κ1) is 14.7. The lowest BCUT2D eigenvalue weighted by Crippen LogP contribution is -2.44. The highest BCUT2D eigenvalue weighted by molar-refractivity contribution is 7.89. The van der Waals surface area contributed by atoms with E-state index in [9.17, 15) is 8.42 Å². The molecule has 1 aromatic heterocycles. The van der Waals surface area contributed by atoms with Gasteiger partial charge in [-0.05, 0) is 36.8 Å². The summed E-state index contributed by atoms with van der Waals surface area (Å²) < 4.78 is 27.3. The van der Waals surface area contributed by atoms with E-state index in [-0.39, 0.29) is 10.7 Å². The first-order chi connectivity index (χ1) is 10.1. The average Bonchev–Trinajstić information content (AvgIpc) is 2.54. The molecular formula is C14H22N4O2S. The van der Waals surface area contributed by atoms with E-state index in [1.165, 1.54) is 25.5 Å². The van der Waals surface area contributed by atoms with Crippen molar-refractivity contribution >= 4 is 15.8 Å². The first-order valence-electron chi connectivity index (χ1n) is 7.54. The van der Waals surface area contributed by atoms with Gasteiger partial charge in [0.25, 0.3) is 0 Å². The van der Waals surface area contributed by atoms with Gasteiger partial charge < -0.3 is 5.43 Å². The molecule has 3 rings (SSSR count). The highest BCUT2D eigenvalue weighted by atomic mass is 32.2. The zero-order valence-electron chi connectivity index (χ0n) is 12.0. The van der Waals surface area contributed by atoms with Crippen LogP contribution in [0.3, 0.4) is 0 Å². The molecule has 2 unspecified atom stereocenters. The van der Waals surface area contributed by atoms with Crippen molar-refractivity contribution < 1.29 is 8.42 Å². The second-order valence-corrected chi connectivity index (χ2v) is 7.86. The Morgan fingerprint density at radius 2 is 2.00 bits per heavy atom. The maximum Gasteiger partial charge on any atom is 0.246 e. The number of pyridine rings is 1. The molecule has 3 N–H and O–H groups in total. The van der Waals surface area contributed by atoms with Crippen molar-refractivity contribution in [2.75, 3.05) is 18.5 Å². The molecule has 0 bridgehead atoms. The van der Waals surface area contributed by atoms with Gasteiger partial charge in [-0.1, -0.05) is 19.3 Å². The zero-order chi connectivity index (χ0) is 14.9. The van der Waals surface area contributed by atoms with Crippen LogP contribution in [0.1, 0.15) is 32.1 Å². The maximum absolute atomic E-state index is 12.8. The summed E-state index contributed by atoms with van der Waals surface area (Å²) in [6.07, 6.45) is 7.40. The number of nitrogens with one attached hydrogen (secondary N) is 1. The molecule has 1 aliphatic heterocycles. The van der Waals surface area contributed by atoms with Crippen LogP contribution < -0.4 is 11.3 Å². The minimum atomic E-state index is -3.53. The largest absolute Gasteiger partial charge is 0.307 e. The molecule has 2 heterocycles. The van der Waals surface area contributed by atoms with Crippen molar-refractivity contribution in [1.29, 1.82) is 0 Å². The molecule has 1 aliphatic carbocycles. The van der Waals surface area contributed by atoms with Crippen LogP contribution in [-0.2, 0) is 10.0 Å². The number of hydrazine groups is 1. The molecule has 0 radical (unpaired) electrons. The third-order valence-electron chi connectivity index (χ3n) is 4.78. The summed E-state index contributed by atoms with van der Waals surface area (Å²) in [6.45, 7) is 1.23. The third kappa shape index (κ3) is 2.77. The van der Waals surface area contributed by atoms with Crippen molar-refractivity contribution in [3.05, 3.63) is 18.3 Å². The monoisotopic (exact) mass is 310 g/mol. The molecule has 7 heteroatoms. The van der Waals surface area contributed by atoms with Crippen LogP contribution in [0.4, 0.5) is 5.82 Å². The van der Waals surface area contributed by atoms with Gasteiger partial charge in [0, 0.05) is 19.3 Å². The summed E-state index contributed by atoms with van der Waals surface area (Å²) in [4.78, 5) is 4.17. The fourth-order valence-corrected chi connectivity index (χ4v) is 5.25. The molecule has 0 spiro atoms. The molecule has 2 fully saturated rings. The lowest BCUT2D eigenvalue weighted by Gasteiger charge is -2.40. The number of hydrogen-bond donors (Lipinski definition) is 2. The minimum absolute atomic E-state index is 0.168. The second kappa shape index (κ2) is 5.90. The number of sulfonamides is 1. The molecule has 1 saturated heterocycles. The summed E-state index contributed by atoms with van der Waals surface area (Å²) in [7, 11) is -3.53. The van der Waals surface area contributed by atoms with E-state index in [2.05, 4.69) is 10.4 Å². The Kier molecular flexibility index (Phi) is 4.14. The topological polar surface area (TPSA) is 88.3 Å². The molecule has 1 aromatic rings. The van der Waals surface area contributed by atoms with E-state index in [4.69, 9.17) is 5.84 Å². The molecule has 0 aromatic carbocycles. The van der Waals surface area contributed by atoms with Gasteiger partial charge >= 0.3 is 0 Å². The number of nitrogens with two attached hydrogens (primary N) is 1. The summed E-state index contributed by atoms with van der Waals surface area (Å²) in [6, 6.07) is 3.19. The molecule has 2 aliphatic rings. The van der Waals surface area contributed by atoms with Crippen LogP contribution in [0.5, 0.6) is 0 Å². The Morgan fingerprint density at radius 3 is 2.76 bits per heavy atom. The smallest absolute Gasteiger partial charge is 0.246 e. The van der Waals surface area contributed by atoms with Gasteiger partial charge in [0.15, 0.2) is 5.82 Å². The van der Waals surface area contributed by atoms with E-state index >= 15 is 0 Å². The molecule has 1 saturated carbocycles. The molecule has 0 amide bonds. The van der Waals surface area contributed by atoms with Gasteiger partial charge in [-0.15, -0.1) is 0 Å². The van der Waals surface area contributed by atoms with E-state index in [1.807, 2.05) is 0 Å². The van der Waals surface area contributed by atoms with Crippen molar-refractivity contribution in [2.45, 2.75) is 37.0 Å². The van der Waals surface area contributed by atoms with E-state index in [1.54, 1.807) is 16.4 Å². The second-order valence-electron chi connectivity index (χ2n) is 5.95. The fraction of sp³-hybridized carbons (Fsp3) is 0.643. The minimum Gasteiger partial charge on any atom is -0.307 e. The summed E-state index contributed by atoms with van der Waals surface area (Å²) >= 11 is 0. The summed E-state index contributed by atoms with van der Waals surface area (Å²) in [5.74, 6) is 6.81. The van der Waals surface area contributed by atoms with Crippen molar-refractivity contribution in [1.82, 2.24) is 9.29 Å². The summed E-state index contributed by atoms with van der Waals surface area (Å²) in [5.41, 5.74) is 2.38. The van der Waals surface area contributed by atoms with Gasteiger partial charge in [-0.2, -0.15) is 4.31 Å². The van der Waals surface area contributed by atoms with Gasteiger partial charge in [0.05, 0.1) is 0 Å². The Morgan fingerprint density at radius 1 is 1.24 bits per heavy atom. The number of rotatable bonds is 3. The van der Waals surface area contributed by atoms with Crippen molar-refractivity contribution in [3.8, 4) is 0 Å². The molecule has 116 valence electrons. The normalized spacial score (nSPS) is 27.1. The van der Waals surface area contributed by atoms with Gasteiger partial charge in [-0.3, -0.25) is 0 Å². The summed E-state index contributed by atoms with van der Waals surface area (Å²) in [5, 5.41) is 0. The third-order valence-corrected chi connectivity index (χ3v) is 6.68. The van der Waals surface area contributed by atoms with Crippen molar-refractivity contribution in [3.63, 3.8) is 0 Å². The number of piperidine rings is 1. The zero-order valence-corrected chi connectivity index (χ0v) is 12.8. The molecule has 2 atom stereocenters. The fourth-order valence-electron chi connectivity index (χ4n) is 3.63. The predicted octanol–water partition coefficient (Wildman–Crippen LogP) is 1.57. The van der Waals surface area contributed by atoms with Crippen LogP contribution in [-0.4, -0.2) is 30.8 Å². The molecule has 6 nitrogen and oxygen atoms in total. The van der Waals surface area contributed by atoms with Crippen LogP contribution in [0.25, 0.3) is 0 Å². The first-order valence-corrected chi connectivity index (χ1v) is 8.98. The van der Waals surface area contributed by atoms with Gasteiger partial charge in [-0.25, -0.2) is 19.2 Å². The highest BCUT2D eigenvalue weighted by Crippen LogP contribution is 2.38. The van der Waals surface area contributed by atoms with E-state index in [0.29, 0.717) is 24.9 Å². The van der Waals surface area contributed by atoms with Crippen LogP contribution in [0.2, 0.25) is 0 Å². The number of fused-ring (bicyclic) bond motifs is 1. The Labute approximate surface area is 125 Å². The maximum atomic E-state index is 12.8. The predicted molar refractivity (Wildman–Crippen MR) is 80.9 cm³/mol. The van der Waals surface area contributed by atoms with Crippen LogP contribution in [0, 0.1) is 11.8 Å². The number of hydrogen-bond acceptors (Lipinski definition) is 5. The Bertz CT molecular complexity index is 605. The highest BCUT2D eigenvalue weighted by Gasteiger charge is 2.37. The van der Waals surface area contributed by atoms with Gasteiger partial charge in [0.2, 0.25) is 10.0 Å². The van der Waals surface area contributed by atoms with Gasteiger partial charge in [0.1, 0.15) is 4.90 Å². The van der Waals surface area contributed by atoms with E-state index in [0.717, 1.165) is 12.8 Å². The Hall–Kier alpha value is -1.18. The lowest BCUT2D eigenvalue weighted by atomic mass is 9.76. The molecular weight excluding hydrogens is 288 g/mol. The number of anilines is 1. The standard InChI is InChI=1S/C14H22N4O2S/c15-17-14-13(6-3-8-16-14)21(19,20)18-9-7-11-4-1-2-5-12(11)10-18/h3,6,8,11-12H,1-2,4-5,7,9-10,15H2,(H,16,17). The molecule has 21 heavy (non-hydrogen) atoms. The quantitative estimate of drug-likeness (QED) is 0.653. The van der Waals surface area contributed by atoms with Crippen LogP contribution >= 0.6 is 0 Å². The average molecular weight is 310 g/mol. The number of nitrogens with zero attached hydrogens (tertiary/aromatic N) is 2. The number of nitrogen functional groups attached to an aromatic ring is 1. The van der Waals surface area contributed by atoms with Crippen molar-refractivity contribution in [2.24, 2.45) is 17.7 Å².